The highest BCUT2D eigenvalue weighted by Gasteiger charge is 2.32. The van der Waals surface area contributed by atoms with Gasteiger partial charge >= 0.3 is 12.0 Å². The molecule has 2 rings (SSSR count). The fraction of sp³-hybridized carbons (Fsp3) is 0.467. The van der Waals surface area contributed by atoms with E-state index in [1.165, 1.54) is 11.3 Å². The molecule has 0 saturated carbocycles. The number of amides is 2. The monoisotopic (exact) mass is 386 g/mol. The van der Waals surface area contributed by atoms with Gasteiger partial charge in [-0.3, -0.25) is 0 Å². The van der Waals surface area contributed by atoms with Gasteiger partial charge in [0.05, 0.1) is 22.0 Å². The largest absolute Gasteiger partial charge is 0.462 e. The van der Waals surface area contributed by atoms with Crippen LogP contribution in [0.4, 0.5) is 4.79 Å². The third-order valence-corrected chi connectivity index (χ3v) is 5.04. The fourth-order valence-corrected chi connectivity index (χ4v) is 3.74. The van der Waals surface area contributed by atoms with E-state index in [-0.39, 0.29) is 12.0 Å². The normalized spacial score (nSPS) is 18.0. The molecule has 0 spiro atoms. The van der Waals surface area contributed by atoms with E-state index in [9.17, 15) is 9.59 Å². The van der Waals surface area contributed by atoms with Crippen LogP contribution in [0.3, 0.4) is 0 Å². The summed E-state index contributed by atoms with van der Waals surface area (Å²) >= 11 is 4.89. The van der Waals surface area contributed by atoms with Crippen molar-refractivity contribution in [2.24, 2.45) is 0 Å². The van der Waals surface area contributed by atoms with Gasteiger partial charge in [0, 0.05) is 10.6 Å². The Morgan fingerprint density at radius 3 is 2.82 bits per heavy atom. The van der Waals surface area contributed by atoms with Gasteiger partial charge in [-0.15, -0.1) is 11.3 Å². The maximum atomic E-state index is 12.4. The van der Waals surface area contributed by atoms with Crippen molar-refractivity contribution in [1.82, 2.24) is 10.6 Å². The van der Waals surface area contributed by atoms with Gasteiger partial charge in [-0.1, -0.05) is 19.8 Å². The summed E-state index contributed by atoms with van der Waals surface area (Å²) in [5.74, 6) is -0.379. The van der Waals surface area contributed by atoms with Crippen molar-refractivity contribution in [2.45, 2.75) is 39.2 Å². The van der Waals surface area contributed by atoms with E-state index in [0.29, 0.717) is 17.9 Å². The number of carbonyl (C=O) groups excluding carboxylic acids is 2. The first-order valence-corrected chi connectivity index (χ1v) is 8.84. The third kappa shape index (κ3) is 4.10. The van der Waals surface area contributed by atoms with Crippen LogP contribution in [0.2, 0.25) is 0 Å². The molecule has 1 aromatic rings. The Hall–Kier alpha value is -1.34. The van der Waals surface area contributed by atoms with Crippen LogP contribution in [0.15, 0.2) is 27.2 Å². The lowest BCUT2D eigenvalue weighted by molar-refractivity contribution is -0.139. The average molecular weight is 387 g/mol. The Balaban J connectivity index is 2.17. The molecular formula is C15H19BrN2O3S. The van der Waals surface area contributed by atoms with Gasteiger partial charge < -0.3 is 15.4 Å². The maximum absolute atomic E-state index is 12.4. The second-order valence-corrected chi connectivity index (χ2v) is 7.55. The molecule has 0 saturated heterocycles. The molecule has 1 aliphatic rings. The summed E-state index contributed by atoms with van der Waals surface area (Å²) in [5, 5.41) is 5.43. The summed E-state index contributed by atoms with van der Waals surface area (Å²) in [4.78, 5) is 25.0. The highest BCUT2D eigenvalue weighted by molar-refractivity contribution is 9.11. The molecule has 2 amide bonds. The number of halogens is 1. The van der Waals surface area contributed by atoms with Crippen LogP contribution in [0.1, 0.15) is 44.0 Å². The molecule has 0 fully saturated rings. The summed E-state index contributed by atoms with van der Waals surface area (Å²) in [6.07, 6.45) is 2.95. The molecule has 1 aromatic heterocycles. The zero-order chi connectivity index (χ0) is 16.1. The Morgan fingerprint density at radius 2 is 2.18 bits per heavy atom. The summed E-state index contributed by atoms with van der Waals surface area (Å²) in [6, 6.07) is 3.01. The minimum Gasteiger partial charge on any atom is -0.462 e. The number of ether oxygens (including phenoxy) is 1. The predicted octanol–water partition coefficient (Wildman–Crippen LogP) is 3.87. The Labute approximate surface area is 142 Å². The average Bonchev–Trinajstić information content (AvgIpc) is 2.89. The first-order valence-electron chi connectivity index (χ1n) is 7.23. The lowest BCUT2D eigenvalue weighted by Gasteiger charge is -2.27. The van der Waals surface area contributed by atoms with Crippen LogP contribution >= 0.6 is 27.3 Å². The molecule has 22 heavy (non-hydrogen) atoms. The van der Waals surface area contributed by atoms with Crippen molar-refractivity contribution in [1.29, 1.82) is 0 Å². The fourth-order valence-electron chi connectivity index (χ4n) is 2.26. The van der Waals surface area contributed by atoms with Gasteiger partial charge in [-0.25, -0.2) is 9.59 Å². The van der Waals surface area contributed by atoms with Crippen molar-refractivity contribution in [2.75, 3.05) is 6.61 Å². The van der Waals surface area contributed by atoms with Gasteiger partial charge in [0.2, 0.25) is 0 Å². The standard InChI is InChI=1S/C15H19BrN2O3S/c1-3-4-5-8-21-14(19)12-9(2)17-15(20)18-13(12)10-6-7-11(16)22-10/h6-7,13H,3-5,8H2,1-2H3,(H2,17,18,20). The van der Waals surface area contributed by atoms with Crippen LogP contribution in [-0.2, 0) is 9.53 Å². The number of carbonyl (C=O) groups is 2. The molecule has 7 heteroatoms. The molecule has 2 N–H and O–H groups in total. The summed E-state index contributed by atoms with van der Waals surface area (Å²) in [5.41, 5.74) is 1.00. The zero-order valence-corrected chi connectivity index (χ0v) is 15.0. The smallest absolute Gasteiger partial charge is 0.338 e. The minimum absolute atomic E-state index is 0.311. The first kappa shape index (κ1) is 17.0. The van der Waals surface area contributed by atoms with Crippen LogP contribution in [0.5, 0.6) is 0 Å². The van der Waals surface area contributed by atoms with Crippen LogP contribution in [-0.4, -0.2) is 18.6 Å². The number of thiophene rings is 1. The quantitative estimate of drug-likeness (QED) is 0.575. The van der Waals surface area contributed by atoms with E-state index in [4.69, 9.17) is 4.74 Å². The SMILES string of the molecule is CCCCCOC(=O)C1=C(C)NC(=O)NC1c1ccc(Br)s1. The van der Waals surface area contributed by atoms with Gasteiger partial charge in [0.25, 0.3) is 0 Å². The Morgan fingerprint density at radius 1 is 1.41 bits per heavy atom. The molecule has 0 bridgehead atoms. The second kappa shape index (κ2) is 7.78. The number of esters is 1. The van der Waals surface area contributed by atoms with Gasteiger partial charge in [0.1, 0.15) is 0 Å². The van der Waals surface area contributed by atoms with Crippen LogP contribution < -0.4 is 10.6 Å². The molecule has 0 aromatic carbocycles. The molecule has 0 aliphatic carbocycles. The van der Waals surface area contributed by atoms with Crippen molar-refractivity contribution in [3.8, 4) is 0 Å². The van der Waals surface area contributed by atoms with E-state index in [1.807, 2.05) is 12.1 Å². The van der Waals surface area contributed by atoms with Crippen molar-refractivity contribution in [3.63, 3.8) is 0 Å². The van der Waals surface area contributed by atoms with E-state index >= 15 is 0 Å². The zero-order valence-electron chi connectivity index (χ0n) is 12.6. The number of rotatable bonds is 6. The first-order chi connectivity index (χ1) is 10.5. The molecule has 1 atom stereocenters. The predicted molar refractivity (Wildman–Crippen MR) is 89.6 cm³/mol. The molecule has 2 heterocycles. The van der Waals surface area contributed by atoms with Gasteiger partial charge in [-0.05, 0) is 41.4 Å². The maximum Gasteiger partial charge on any atom is 0.338 e. The molecular weight excluding hydrogens is 368 g/mol. The molecule has 120 valence electrons. The van der Waals surface area contributed by atoms with Crippen LogP contribution in [0, 0.1) is 0 Å². The molecule has 0 radical (unpaired) electrons. The molecule has 1 unspecified atom stereocenters. The lowest BCUT2D eigenvalue weighted by Crippen LogP contribution is -2.45. The van der Waals surface area contributed by atoms with E-state index in [1.54, 1.807) is 6.92 Å². The molecule has 5 nitrogen and oxygen atoms in total. The van der Waals surface area contributed by atoms with Crippen molar-refractivity contribution >= 4 is 39.3 Å². The molecule has 1 aliphatic heterocycles. The highest BCUT2D eigenvalue weighted by atomic mass is 79.9. The van der Waals surface area contributed by atoms with Crippen molar-refractivity contribution in [3.05, 3.63) is 32.1 Å². The van der Waals surface area contributed by atoms with Gasteiger partial charge in [-0.2, -0.15) is 0 Å². The summed E-state index contributed by atoms with van der Waals surface area (Å²) in [7, 11) is 0. The van der Waals surface area contributed by atoms with E-state index in [0.717, 1.165) is 27.9 Å². The van der Waals surface area contributed by atoms with E-state index < -0.39 is 6.04 Å². The number of nitrogens with one attached hydrogen (secondary N) is 2. The van der Waals surface area contributed by atoms with E-state index in [2.05, 4.69) is 33.5 Å². The Kier molecular flexibility index (Phi) is 6.02. The topological polar surface area (TPSA) is 67.4 Å². The number of allylic oxidation sites excluding steroid dienone is 1. The lowest BCUT2D eigenvalue weighted by atomic mass is 10.0. The van der Waals surface area contributed by atoms with Gasteiger partial charge in [0.15, 0.2) is 0 Å². The highest BCUT2D eigenvalue weighted by Crippen LogP contribution is 2.34. The van der Waals surface area contributed by atoms with Crippen molar-refractivity contribution < 1.29 is 14.3 Å². The second-order valence-electron chi connectivity index (χ2n) is 5.06. The Bertz CT molecular complexity index is 597. The van der Waals surface area contributed by atoms with Crippen LogP contribution in [0.25, 0.3) is 0 Å². The number of hydrogen-bond donors (Lipinski definition) is 2. The summed E-state index contributed by atoms with van der Waals surface area (Å²) in [6.45, 7) is 4.22. The minimum atomic E-state index is -0.469. The summed E-state index contributed by atoms with van der Waals surface area (Å²) < 4.78 is 6.30. The number of hydrogen-bond acceptors (Lipinski definition) is 4. The number of unbranched alkanes of at least 4 members (excludes halogenated alkanes) is 2. The number of urea groups is 1. The third-order valence-electron chi connectivity index (χ3n) is 3.35.